The SMILES string of the molecule is NC(=O)Oc1ccc(C(F)(F)F)cc1-c1cccc(F)c1. The standard InChI is InChI=1S/C14H9F4NO2/c15-10-3-1-2-8(6-10)11-7-9(14(16,17)18)4-5-12(11)21-13(19)20/h1-7H,(H2,19,20). The van der Waals surface area contributed by atoms with E-state index in [0.717, 1.165) is 30.3 Å². The number of hydrogen-bond donors (Lipinski definition) is 1. The van der Waals surface area contributed by atoms with Crippen molar-refractivity contribution in [2.24, 2.45) is 5.73 Å². The number of amides is 1. The number of alkyl halides is 3. The van der Waals surface area contributed by atoms with Gasteiger partial charge in [-0.3, -0.25) is 0 Å². The average Bonchev–Trinajstić information content (AvgIpc) is 2.37. The molecule has 0 aliphatic heterocycles. The molecular formula is C14H9F4NO2. The molecule has 2 rings (SSSR count). The number of hydrogen-bond acceptors (Lipinski definition) is 2. The highest BCUT2D eigenvalue weighted by molar-refractivity contribution is 5.76. The molecule has 0 bridgehead atoms. The largest absolute Gasteiger partial charge is 0.416 e. The molecule has 2 N–H and O–H groups in total. The molecule has 2 aromatic rings. The molecule has 0 aliphatic carbocycles. The molecule has 2 aromatic carbocycles. The summed E-state index contributed by atoms with van der Waals surface area (Å²) in [5, 5.41) is 0. The van der Waals surface area contributed by atoms with Gasteiger partial charge in [0, 0.05) is 5.56 Å². The van der Waals surface area contributed by atoms with Crippen LogP contribution in [0.3, 0.4) is 0 Å². The quantitative estimate of drug-likeness (QED) is 0.853. The Morgan fingerprint density at radius 1 is 1.10 bits per heavy atom. The maximum atomic E-state index is 13.2. The first-order valence-electron chi connectivity index (χ1n) is 5.72. The maximum Gasteiger partial charge on any atom is 0.416 e. The van der Waals surface area contributed by atoms with Crippen molar-refractivity contribution in [2.75, 3.05) is 0 Å². The van der Waals surface area contributed by atoms with Crippen molar-refractivity contribution in [3.63, 3.8) is 0 Å². The highest BCUT2D eigenvalue weighted by atomic mass is 19.4. The van der Waals surface area contributed by atoms with Crippen LogP contribution in [0.2, 0.25) is 0 Å². The Labute approximate surface area is 116 Å². The summed E-state index contributed by atoms with van der Waals surface area (Å²) in [4.78, 5) is 10.8. The van der Waals surface area contributed by atoms with Gasteiger partial charge < -0.3 is 10.5 Å². The minimum absolute atomic E-state index is 0.0804. The summed E-state index contributed by atoms with van der Waals surface area (Å²) in [5.41, 5.74) is 3.98. The van der Waals surface area contributed by atoms with Crippen LogP contribution in [0.1, 0.15) is 5.56 Å². The summed E-state index contributed by atoms with van der Waals surface area (Å²) in [6.45, 7) is 0. The van der Waals surface area contributed by atoms with Crippen molar-refractivity contribution in [1.82, 2.24) is 0 Å². The fraction of sp³-hybridized carbons (Fsp3) is 0.0714. The van der Waals surface area contributed by atoms with E-state index < -0.39 is 23.7 Å². The third-order valence-corrected chi connectivity index (χ3v) is 2.65. The number of benzene rings is 2. The predicted molar refractivity (Wildman–Crippen MR) is 67.0 cm³/mol. The van der Waals surface area contributed by atoms with Crippen LogP contribution in [0, 0.1) is 5.82 Å². The van der Waals surface area contributed by atoms with Crippen LogP contribution >= 0.6 is 0 Å². The lowest BCUT2D eigenvalue weighted by Gasteiger charge is -2.13. The first kappa shape index (κ1) is 14.8. The Morgan fingerprint density at radius 3 is 2.38 bits per heavy atom. The van der Waals surface area contributed by atoms with Gasteiger partial charge in [-0.1, -0.05) is 12.1 Å². The Morgan fingerprint density at radius 2 is 1.81 bits per heavy atom. The fourth-order valence-corrected chi connectivity index (χ4v) is 1.79. The topological polar surface area (TPSA) is 52.3 Å². The van der Waals surface area contributed by atoms with Gasteiger partial charge in [-0.05, 0) is 35.9 Å². The average molecular weight is 299 g/mol. The zero-order valence-corrected chi connectivity index (χ0v) is 10.4. The monoisotopic (exact) mass is 299 g/mol. The summed E-state index contributed by atoms with van der Waals surface area (Å²) in [5.74, 6) is -0.809. The van der Waals surface area contributed by atoms with Gasteiger partial charge >= 0.3 is 12.3 Å². The van der Waals surface area contributed by atoms with E-state index in [-0.39, 0.29) is 16.9 Å². The van der Waals surface area contributed by atoms with E-state index in [2.05, 4.69) is 4.74 Å². The molecule has 0 fully saturated rings. The van der Waals surface area contributed by atoms with E-state index in [0.29, 0.717) is 0 Å². The van der Waals surface area contributed by atoms with E-state index in [9.17, 15) is 22.4 Å². The van der Waals surface area contributed by atoms with Crippen molar-refractivity contribution in [3.05, 3.63) is 53.8 Å². The van der Waals surface area contributed by atoms with E-state index in [1.54, 1.807) is 0 Å². The first-order chi connectivity index (χ1) is 9.77. The molecule has 0 saturated heterocycles. The molecule has 7 heteroatoms. The van der Waals surface area contributed by atoms with Crippen LogP contribution in [-0.4, -0.2) is 6.09 Å². The number of nitrogens with two attached hydrogens (primary N) is 1. The molecule has 0 spiro atoms. The summed E-state index contributed by atoms with van der Waals surface area (Å²) >= 11 is 0. The van der Waals surface area contributed by atoms with Gasteiger partial charge in [0.15, 0.2) is 0 Å². The normalized spacial score (nSPS) is 11.2. The van der Waals surface area contributed by atoms with Crippen molar-refractivity contribution < 1.29 is 27.1 Å². The molecule has 110 valence electrons. The second-order valence-corrected chi connectivity index (χ2v) is 4.14. The highest BCUT2D eigenvalue weighted by Crippen LogP contribution is 2.37. The van der Waals surface area contributed by atoms with Crippen LogP contribution in [0.25, 0.3) is 11.1 Å². The van der Waals surface area contributed by atoms with E-state index in [1.165, 1.54) is 12.1 Å². The molecular weight excluding hydrogens is 290 g/mol. The highest BCUT2D eigenvalue weighted by Gasteiger charge is 2.31. The lowest BCUT2D eigenvalue weighted by molar-refractivity contribution is -0.137. The van der Waals surface area contributed by atoms with E-state index >= 15 is 0 Å². The third-order valence-electron chi connectivity index (χ3n) is 2.65. The molecule has 0 saturated carbocycles. The zero-order valence-electron chi connectivity index (χ0n) is 10.4. The lowest BCUT2D eigenvalue weighted by Crippen LogP contribution is -2.17. The van der Waals surface area contributed by atoms with Gasteiger partial charge in [0.05, 0.1) is 5.56 Å². The maximum absolute atomic E-state index is 13.2. The molecule has 21 heavy (non-hydrogen) atoms. The van der Waals surface area contributed by atoms with Gasteiger partial charge in [0.25, 0.3) is 0 Å². The van der Waals surface area contributed by atoms with E-state index in [1.807, 2.05) is 0 Å². The summed E-state index contributed by atoms with van der Waals surface area (Å²) in [6, 6.07) is 7.39. The van der Waals surface area contributed by atoms with Crippen LogP contribution < -0.4 is 10.5 Å². The Hall–Kier alpha value is -2.57. The Balaban J connectivity index is 2.60. The van der Waals surface area contributed by atoms with Gasteiger partial charge in [-0.25, -0.2) is 9.18 Å². The number of halogens is 4. The summed E-state index contributed by atoms with van der Waals surface area (Å²) in [6.07, 6.45) is -5.75. The van der Waals surface area contributed by atoms with Crippen molar-refractivity contribution >= 4 is 6.09 Å². The number of rotatable bonds is 2. The van der Waals surface area contributed by atoms with E-state index in [4.69, 9.17) is 5.73 Å². The molecule has 0 heterocycles. The van der Waals surface area contributed by atoms with Gasteiger partial charge in [-0.2, -0.15) is 13.2 Å². The molecule has 0 unspecified atom stereocenters. The van der Waals surface area contributed by atoms with Crippen molar-refractivity contribution in [3.8, 4) is 16.9 Å². The third kappa shape index (κ3) is 3.50. The predicted octanol–water partition coefficient (Wildman–Crippen LogP) is 3.97. The molecule has 0 aliphatic rings. The first-order valence-corrected chi connectivity index (χ1v) is 5.72. The zero-order chi connectivity index (χ0) is 15.6. The molecule has 0 radical (unpaired) electrons. The second kappa shape index (κ2) is 5.43. The lowest BCUT2D eigenvalue weighted by atomic mass is 10.0. The minimum atomic E-state index is -4.58. The summed E-state index contributed by atoms with van der Waals surface area (Å²) in [7, 11) is 0. The van der Waals surface area contributed by atoms with Crippen LogP contribution in [0.4, 0.5) is 22.4 Å². The summed E-state index contributed by atoms with van der Waals surface area (Å²) < 4.78 is 56.1. The molecule has 0 atom stereocenters. The van der Waals surface area contributed by atoms with Crippen molar-refractivity contribution in [1.29, 1.82) is 0 Å². The molecule has 3 nitrogen and oxygen atoms in total. The number of carbonyl (C=O) groups excluding carboxylic acids is 1. The number of carbonyl (C=O) groups is 1. The Bertz CT molecular complexity index is 683. The van der Waals surface area contributed by atoms with Crippen molar-refractivity contribution in [2.45, 2.75) is 6.18 Å². The van der Waals surface area contributed by atoms with Crippen LogP contribution in [-0.2, 0) is 6.18 Å². The van der Waals surface area contributed by atoms with Gasteiger partial charge in [-0.15, -0.1) is 0 Å². The van der Waals surface area contributed by atoms with Gasteiger partial charge in [0.1, 0.15) is 11.6 Å². The Kier molecular flexibility index (Phi) is 3.84. The second-order valence-electron chi connectivity index (χ2n) is 4.14. The number of primary amides is 1. The fourth-order valence-electron chi connectivity index (χ4n) is 1.79. The molecule has 0 aromatic heterocycles. The smallest absolute Gasteiger partial charge is 0.410 e. The van der Waals surface area contributed by atoms with Gasteiger partial charge in [0.2, 0.25) is 0 Å². The van der Waals surface area contributed by atoms with Crippen LogP contribution in [0.5, 0.6) is 5.75 Å². The molecule has 1 amide bonds. The minimum Gasteiger partial charge on any atom is -0.410 e. The van der Waals surface area contributed by atoms with Crippen LogP contribution in [0.15, 0.2) is 42.5 Å². The number of ether oxygens (including phenoxy) is 1.